The van der Waals surface area contributed by atoms with Crippen LogP contribution in [-0.2, 0) is 29.7 Å². The van der Waals surface area contributed by atoms with Crippen LogP contribution >= 0.6 is 23.1 Å². The lowest BCUT2D eigenvalue weighted by molar-refractivity contribution is -0.490. The maximum atomic E-state index is 12.3. The van der Waals surface area contributed by atoms with Gasteiger partial charge >= 0.3 is 5.97 Å². The number of carboxylic acid groups (broad SMARTS) is 1. The van der Waals surface area contributed by atoms with Crippen LogP contribution < -0.4 is 9.44 Å². The number of thioether (sulfide) groups is 1. The van der Waals surface area contributed by atoms with Crippen molar-refractivity contribution in [3.63, 3.8) is 0 Å². The summed E-state index contributed by atoms with van der Waals surface area (Å²) >= 11 is 1.29. The number of carbonyl (C=O) groups is 2. The number of hydrogen-bond donors (Lipinski definition) is 5. The number of carboxylic acids is 1. The molecule has 0 atom stereocenters. The summed E-state index contributed by atoms with van der Waals surface area (Å²) in [5.41, 5.74) is -0.126. The minimum atomic E-state index is -4.42. The van der Waals surface area contributed by atoms with Gasteiger partial charge in [0.05, 0.1) is 28.2 Å². The molecule has 1 heterocycles. The first-order valence-corrected chi connectivity index (χ1v) is 13.0. The Morgan fingerprint density at radius 2 is 1.75 bits per heavy atom. The van der Waals surface area contributed by atoms with Crippen molar-refractivity contribution >= 4 is 60.2 Å². The Hall–Kier alpha value is -2.39. The van der Waals surface area contributed by atoms with Crippen LogP contribution in [0.2, 0.25) is 0 Å². The van der Waals surface area contributed by atoms with Crippen LogP contribution in [0.25, 0.3) is 0 Å². The van der Waals surface area contributed by atoms with E-state index < -0.39 is 46.8 Å². The Bertz CT molecular complexity index is 1160. The van der Waals surface area contributed by atoms with E-state index >= 15 is 0 Å². The van der Waals surface area contributed by atoms with Gasteiger partial charge in [-0.05, 0) is 24.3 Å². The number of nitrogens with one attached hydrogen (secondary N) is 2. The molecule has 0 saturated heterocycles. The Morgan fingerprint density at radius 1 is 1.09 bits per heavy atom. The van der Waals surface area contributed by atoms with E-state index in [0.717, 1.165) is 36.0 Å². The third kappa shape index (κ3) is 7.63. The average Bonchev–Trinajstić information content (AvgIpc) is 3.16. The van der Waals surface area contributed by atoms with Gasteiger partial charge in [0.15, 0.2) is 0 Å². The number of benzene rings is 1. The number of hydrogen-bond acceptors (Lipinski definition) is 14. The molecule has 0 fully saturated rings. The average molecular weight is 530 g/mol. The largest absolute Gasteiger partial charge is 0.478 e. The van der Waals surface area contributed by atoms with E-state index in [1.165, 1.54) is 0 Å². The predicted molar refractivity (Wildman–Crippen MR) is 108 cm³/mol. The molecule has 2 aromatic rings. The summed E-state index contributed by atoms with van der Waals surface area (Å²) in [6, 6.07) is 4.25. The third-order valence-corrected chi connectivity index (χ3v) is 8.17. The van der Waals surface area contributed by atoms with Gasteiger partial charge in [0.25, 0.3) is 24.4 Å². The van der Waals surface area contributed by atoms with Gasteiger partial charge in [0.2, 0.25) is 11.0 Å². The summed E-state index contributed by atoms with van der Waals surface area (Å²) in [6.07, 6.45) is 0. The fourth-order valence-corrected chi connectivity index (χ4v) is 5.68. The van der Waals surface area contributed by atoms with E-state index in [9.17, 15) is 26.4 Å². The molecule has 15 nitrogen and oxygen atoms in total. The minimum absolute atomic E-state index is 0.126. The molecule has 1 aromatic carbocycles. The summed E-state index contributed by atoms with van der Waals surface area (Å²) < 4.78 is 52.2. The van der Waals surface area contributed by atoms with Crippen LogP contribution in [0.4, 0.5) is 5.13 Å². The zero-order chi connectivity index (χ0) is 23.9. The molecular formula is C13H15N5O10S4. The number of aromatic carboxylic acids is 1. The number of nitrogens with zero attached hydrogens (tertiary/aromatic N) is 3. The molecule has 2 rings (SSSR count). The van der Waals surface area contributed by atoms with Crippen molar-refractivity contribution in [2.75, 3.05) is 22.8 Å². The van der Waals surface area contributed by atoms with E-state index in [2.05, 4.69) is 15.0 Å². The standard InChI is InChI=1S/C13H15N5O10S4/c19-10(7-29-6-5-28-18(22)23)16-32(26,27)13-15-14-12(30-13)17-31(24,25)9-3-1-8(2-4-9)11(20)21/h1-4,22-23H,5-7H2,(H,14,17)(H,16,19)(H,20,21). The lowest BCUT2D eigenvalue weighted by Crippen LogP contribution is -2.32. The number of sulfonamides is 2. The van der Waals surface area contributed by atoms with E-state index in [0.29, 0.717) is 11.3 Å². The van der Waals surface area contributed by atoms with Crippen molar-refractivity contribution in [3.8, 4) is 0 Å². The quantitative estimate of drug-likeness (QED) is 0.174. The van der Waals surface area contributed by atoms with Crippen molar-refractivity contribution in [3.05, 3.63) is 29.8 Å². The van der Waals surface area contributed by atoms with Crippen LogP contribution in [0.3, 0.4) is 0 Å². The first-order valence-electron chi connectivity index (χ1n) is 8.04. The summed E-state index contributed by atoms with van der Waals surface area (Å²) in [4.78, 5) is 26.6. The van der Waals surface area contributed by atoms with Crippen LogP contribution in [0, 0.1) is 0 Å². The van der Waals surface area contributed by atoms with Crippen LogP contribution in [-0.4, -0.2) is 77.9 Å². The molecule has 5 N–H and O–H groups in total. The first kappa shape index (κ1) is 25.9. The molecule has 0 radical (unpaired) electrons. The molecule has 0 saturated carbocycles. The van der Waals surface area contributed by atoms with E-state index in [4.69, 9.17) is 15.5 Å². The number of amides is 1. The number of rotatable bonds is 12. The third-order valence-electron chi connectivity index (χ3n) is 3.19. The van der Waals surface area contributed by atoms with Gasteiger partial charge in [-0.2, -0.15) is 8.42 Å². The lowest BCUT2D eigenvalue weighted by atomic mass is 10.2. The second kappa shape index (κ2) is 11.0. The Kier molecular flexibility index (Phi) is 8.86. The summed E-state index contributed by atoms with van der Waals surface area (Å²) in [5.74, 6) is -2.31. The fourth-order valence-electron chi connectivity index (χ4n) is 1.88. The molecule has 0 aliphatic rings. The monoisotopic (exact) mass is 529 g/mol. The molecule has 0 unspecified atom stereocenters. The minimum Gasteiger partial charge on any atom is -0.478 e. The molecule has 1 amide bonds. The lowest BCUT2D eigenvalue weighted by Gasteiger charge is -2.06. The summed E-state index contributed by atoms with van der Waals surface area (Å²) in [6.45, 7) is -0.156. The van der Waals surface area contributed by atoms with Gasteiger partial charge in [-0.1, -0.05) is 11.3 Å². The molecule has 19 heteroatoms. The van der Waals surface area contributed by atoms with Gasteiger partial charge in [-0.25, -0.2) is 22.8 Å². The molecule has 32 heavy (non-hydrogen) atoms. The van der Waals surface area contributed by atoms with Gasteiger partial charge in [0.1, 0.15) is 0 Å². The number of anilines is 1. The van der Waals surface area contributed by atoms with Gasteiger partial charge in [-0.3, -0.25) is 19.9 Å². The highest BCUT2D eigenvalue weighted by Gasteiger charge is 2.25. The van der Waals surface area contributed by atoms with Crippen molar-refractivity contribution in [2.24, 2.45) is 0 Å². The van der Waals surface area contributed by atoms with Crippen molar-refractivity contribution in [1.82, 2.24) is 20.3 Å². The second-order valence-electron chi connectivity index (χ2n) is 5.48. The second-order valence-corrected chi connectivity index (χ2v) is 11.1. The summed E-state index contributed by atoms with van der Waals surface area (Å²) in [5, 5.41) is 31.4. The Morgan fingerprint density at radius 3 is 2.34 bits per heavy atom. The number of carbonyl (C=O) groups excluding carboxylic acids is 1. The maximum Gasteiger partial charge on any atom is 0.335 e. The Labute approximate surface area is 189 Å². The molecule has 1 aromatic heterocycles. The molecule has 0 aliphatic heterocycles. The first-order chi connectivity index (χ1) is 14.9. The topological polar surface area (TPSA) is 225 Å². The normalized spacial score (nSPS) is 12.0. The van der Waals surface area contributed by atoms with Gasteiger partial charge in [-0.15, -0.1) is 22.0 Å². The Balaban J connectivity index is 1.98. The summed E-state index contributed by atoms with van der Waals surface area (Å²) in [7, 11) is -8.62. The molecular weight excluding hydrogens is 514 g/mol. The zero-order valence-corrected chi connectivity index (χ0v) is 18.9. The van der Waals surface area contributed by atoms with E-state index in [1.54, 1.807) is 4.72 Å². The smallest absolute Gasteiger partial charge is 0.335 e. The van der Waals surface area contributed by atoms with E-state index in [-0.39, 0.29) is 28.6 Å². The van der Waals surface area contributed by atoms with E-state index in [1.807, 2.05) is 4.72 Å². The highest BCUT2D eigenvalue weighted by molar-refractivity contribution is 8.00. The highest BCUT2D eigenvalue weighted by atomic mass is 32.2. The van der Waals surface area contributed by atoms with Gasteiger partial charge in [0, 0.05) is 5.75 Å². The van der Waals surface area contributed by atoms with Crippen molar-refractivity contribution in [1.29, 1.82) is 0 Å². The van der Waals surface area contributed by atoms with Crippen molar-refractivity contribution < 1.29 is 46.8 Å². The molecule has 0 bridgehead atoms. The highest BCUT2D eigenvalue weighted by Crippen LogP contribution is 2.23. The number of aromatic nitrogens is 2. The molecule has 0 aliphatic carbocycles. The molecule has 0 spiro atoms. The predicted octanol–water partition coefficient (Wildman–Crippen LogP) is -0.413. The molecule has 176 valence electrons. The van der Waals surface area contributed by atoms with Crippen LogP contribution in [0.5, 0.6) is 0 Å². The maximum absolute atomic E-state index is 12.3. The van der Waals surface area contributed by atoms with Gasteiger partial charge < -0.3 is 5.11 Å². The SMILES string of the molecule is O=C(CSCCON(O)O)NS(=O)(=O)c1nnc(NS(=O)(=O)c2ccc(C(=O)O)cc2)s1. The zero-order valence-electron chi connectivity index (χ0n) is 15.6. The van der Waals surface area contributed by atoms with Crippen LogP contribution in [0.15, 0.2) is 33.5 Å². The van der Waals surface area contributed by atoms with Crippen LogP contribution in [0.1, 0.15) is 10.4 Å². The fraction of sp³-hybridized carbons (Fsp3) is 0.231. The van der Waals surface area contributed by atoms with Crippen molar-refractivity contribution in [2.45, 2.75) is 9.24 Å².